The summed E-state index contributed by atoms with van der Waals surface area (Å²) in [4.78, 5) is 5.35. The van der Waals surface area contributed by atoms with E-state index in [4.69, 9.17) is 10.5 Å². The van der Waals surface area contributed by atoms with Gasteiger partial charge in [0, 0.05) is 30.3 Å². The van der Waals surface area contributed by atoms with E-state index in [9.17, 15) is 0 Å². The van der Waals surface area contributed by atoms with Crippen LogP contribution in [0.2, 0.25) is 0 Å². The van der Waals surface area contributed by atoms with Crippen LogP contribution in [0.5, 0.6) is 0 Å². The van der Waals surface area contributed by atoms with Gasteiger partial charge in [0.25, 0.3) is 0 Å². The van der Waals surface area contributed by atoms with Crippen LogP contribution in [0.4, 0.5) is 0 Å². The van der Waals surface area contributed by atoms with E-state index in [-0.39, 0.29) is 6.04 Å². The Labute approximate surface area is 88.3 Å². The van der Waals surface area contributed by atoms with Gasteiger partial charge in [0.2, 0.25) is 0 Å². The van der Waals surface area contributed by atoms with Crippen molar-refractivity contribution in [3.63, 3.8) is 0 Å². The lowest BCUT2D eigenvalue weighted by Crippen LogP contribution is -2.35. The molecule has 0 saturated carbocycles. The summed E-state index contributed by atoms with van der Waals surface area (Å²) in [5, 5.41) is 0. The minimum Gasteiger partial charge on any atom is -0.381 e. The van der Waals surface area contributed by atoms with Crippen molar-refractivity contribution in [1.29, 1.82) is 0 Å². The molecule has 1 aromatic rings. The second-order valence-corrected chi connectivity index (χ2v) is 4.76. The van der Waals surface area contributed by atoms with Crippen molar-refractivity contribution in [3.8, 4) is 0 Å². The predicted molar refractivity (Wildman–Crippen MR) is 57.3 cm³/mol. The van der Waals surface area contributed by atoms with E-state index < -0.39 is 0 Å². The predicted octanol–water partition coefficient (Wildman–Crippen LogP) is 1.44. The largest absolute Gasteiger partial charge is 0.381 e. The van der Waals surface area contributed by atoms with Gasteiger partial charge in [0.1, 0.15) is 0 Å². The molecule has 14 heavy (non-hydrogen) atoms. The standard InChI is InChI=1S/C10H16N2OS/c11-10(5-9-6-12-7-14-9)8-1-3-13-4-2-8/h6-8,10H,1-5,11H2. The first-order valence-electron chi connectivity index (χ1n) is 5.07. The van der Waals surface area contributed by atoms with Crippen molar-refractivity contribution in [1.82, 2.24) is 4.98 Å². The van der Waals surface area contributed by atoms with E-state index >= 15 is 0 Å². The fourth-order valence-electron chi connectivity index (χ4n) is 1.89. The molecule has 2 heterocycles. The van der Waals surface area contributed by atoms with Crippen LogP contribution in [-0.4, -0.2) is 24.2 Å². The molecular formula is C10H16N2OS. The maximum absolute atomic E-state index is 6.16. The van der Waals surface area contributed by atoms with Crippen molar-refractivity contribution in [2.45, 2.75) is 25.3 Å². The number of thiazole rings is 1. The highest BCUT2D eigenvalue weighted by molar-refractivity contribution is 7.09. The Morgan fingerprint density at radius 3 is 3.00 bits per heavy atom. The van der Waals surface area contributed by atoms with Crippen LogP contribution >= 0.6 is 11.3 Å². The van der Waals surface area contributed by atoms with Gasteiger partial charge in [-0.25, -0.2) is 0 Å². The van der Waals surface area contributed by atoms with Gasteiger partial charge in [-0.1, -0.05) is 0 Å². The van der Waals surface area contributed by atoms with Crippen molar-refractivity contribution < 1.29 is 4.74 Å². The Balaban J connectivity index is 1.85. The average molecular weight is 212 g/mol. The van der Waals surface area contributed by atoms with Crippen molar-refractivity contribution >= 4 is 11.3 Å². The monoisotopic (exact) mass is 212 g/mol. The minimum absolute atomic E-state index is 0.277. The highest BCUT2D eigenvalue weighted by atomic mass is 32.1. The summed E-state index contributed by atoms with van der Waals surface area (Å²) in [7, 11) is 0. The summed E-state index contributed by atoms with van der Waals surface area (Å²) in [5.74, 6) is 0.630. The molecule has 0 bridgehead atoms. The van der Waals surface area contributed by atoms with Crippen LogP contribution in [0.25, 0.3) is 0 Å². The molecule has 2 N–H and O–H groups in total. The molecule has 3 nitrogen and oxygen atoms in total. The average Bonchev–Trinajstić information content (AvgIpc) is 2.72. The van der Waals surface area contributed by atoms with Gasteiger partial charge in [-0.3, -0.25) is 4.98 Å². The molecular weight excluding hydrogens is 196 g/mol. The molecule has 2 rings (SSSR count). The zero-order valence-corrected chi connectivity index (χ0v) is 9.00. The molecule has 78 valence electrons. The van der Waals surface area contributed by atoms with Gasteiger partial charge in [-0.15, -0.1) is 11.3 Å². The molecule has 1 unspecified atom stereocenters. The number of nitrogens with two attached hydrogens (primary N) is 1. The third-order valence-electron chi connectivity index (χ3n) is 2.79. The van der Waals surface area contributed by atoms with Gasteiger partial charge >= 0.3 is 0 Å². The Hall–Kier alpha value is -0.450. The third-order valence-corrected chi connectivity index (χ3v) is 3.59. The van der Waals surface area contributed by atoms with Gasteiger partial charge in [0.05, 0.1) is 5.51 Å². The Morgan fingerprint density at radius 2 is 2.36 bits per heavy atom. The normalized spacial score (nSPS) is 20.9. The number of hydrogen-bond donors (Lipinski definition) is 1. The van der Waals surface area contributed by atoms with Crippen molar-refractivity contribution in [2.75, 3.05) is 13.2 Å². The second-order valence-electron chi connectivity index (χ2n) is 3.79. The van der Waals surface area contributed by atoms with Crippen LogP contribution in [0.1, 0.15) is 17.7 Å². The number of ether oxygens (including phenoxy) is 1. The van der Waals surface area contributed by atoms with Crippen LogP contribution in [0.15, 0.2) is 11.7 Å². The second kappa shape index (κ2) is 4.87. The molecule has 0 amide bonds. The zero-order chi connectivity index (χ0) is 9.80. The Bertz CT molecular complexity index is 257. The first-order valence-corrected chi connectivity index (χ1v) is 5.95. The van der Waals surface area contributed by atoms with Crippen LogP contribution in [0.3, 0.4) is 0 Å². The number of rotatable bonds is 3. The van der Waals surface area contributed by atoms with Crippen molar-refractivity contribution in [2.24, 2.45) is 11.7 Å². The molecule has 1 atom stereocenters. The molecule has 1 aliphatic heterocycles. The lowest BCUT2D eigenvalue weighted by molar-refractivity contribution is 0.0585. The maximum atomic E-state index is 6.16. The fourth-order valence-corrected chi connectivity index (χ4v) is 2.55. The SMILES string of the molecule is NC(Cc1cncs1)C1CCOCC1. The topological polar surface area (TPSA) is 48.1 Å². The minimum atomic E-state index is 0.277. The highest BCUT2D eigenvalue weighted by Crippen LogP contribution is 2.21. The summed E-state index contributed by atoms with van der Waals surface area (Å²) in [6, 6.07) is 0.277. The molecule has 0 spiro atoms. The highest BCUT2D eigenvalue weighted by Gasteiger charge is 2.21. The first-order chi connectivity index (χ1) is 6.86. The van der Waals surface area contributed by atoms with Crippen LogP contribution < -0.4 is 5.73 Å². The summed E-state index contributed by atoms with van der Waals surface area (Å²) in [5.41, 5.74) is 8.03. The first kappa shape index (κ1) is 10.1. The Morgan fingerprint density at radius 1 is 1.57 bits per heavy atom. The number of hydrogen-bond acceptors (Lipinski definition) is 4. The van der Waals surface area contributed by atoms with Gasteiger partial charge in [-0.2, -0.15) is 0 Å². The van der Waals surface area contributed by atoms with Gasteiger partial charge in [0.15, 0.2) is 0 Å². The Kier molecular flexibility index (Phi) is 3.50. The van der Waals surface area contributed by atoms with Crippen LogP contribution in [0, 0.1) is 5.92 Å². The molecule has 0 radical (unpaired) electrons. The van der Waals surface area contributed by atoms with E-state index in [1.807, 2.05) is 11.7 Å². The molecule has 4 heteroatoms. The van der Waals surface area contributed by atoms with E-state index in [2.05, 4.69) is 4.98 Å². The van der Waals surface area contributed by atoms with Crippen molar-refractivity contribution in [3.05, 3.63) is 16.6 Å². The molecule has 0 aliphatic carbocycles. The quantitative estimate of drug-likeness (QED) is 0.824. The lowest BCUT2D eigenvalue weighted by atomic mass is 9.90. The van der Waals surface area contributed by atoms with Gasteiger partial charge in [-0.05, 0) is 25.2 Å². The maximum Gasteiger partial charge on any atom is 0.0794 e. The van der Waals surface area contributed by atoms with E-state index in [1.54, 1.807) is 11.3 Å². The summed E-state index contributed by atoms with van der Waals surface area (Å²) in [6.07, 6.45) is 5.11. The molecule has 1 saturated heterocycles. The van der Waals surface area contributed by atoms with E-state index in [0.717, 1.165) is 32.5 Å². The lowest BCUT2D eigenvalue weighted by Gasteiger charge is -2.27. The van der Waals surface area contributed by atoms with Crippen LogP contribution in [-0.2, 0) is 11.2 Å². The third kappa shape index (κ3) is 2.53. The smallest absolute Gasteiger partial charge is 0.0794 e. The summed E-state index contributed by atoms with van der Waals surface area (Å²) in [6.45, 7) is 1.75. The number of aromatic nitrogens is 1. The van der Waals surface area contributed by atoms with E-state index in [1.165, 1.54) is 4.88 Å². The molecule has 1 aromatic heterocycles. The summed E-state index contributed by atoms with van der Waals surface area (Å²) < 4.78 is 5.32. The fraction of sp³-hybridized carbons (Fsp3) is 0.700. The summed E-state index contributed by atoms with van der Waals surface area (Å²) >= 11 is 1.69. The zero-order valence-electron chi connectivity index (χ0n) is 8.19. The van der Waals surface area contributed by atoms with Gasteiger partial charge < -0.3 is 10.5 Å². The molecule has 1 fully saturated rings. The molecule has 0 aromatic carbocycles. The molecule has 1 aliphatic rings. The number of nitrogens with zero attached hydrogens (tertiary/aromatic N) is 1. The van der Waals surface area contributed by atoms with E-state index in [0.29, 0.717) is 5.92 Å².